The fourth-order valence-electron chi connectivity index (χ4n) is 2.72. The Hall–Kier alpha value is -1.85. The number of nitrogens with zero attached hydrogens (tertiary/aromatic N) is 1. The van der Waals surface area contributed by atoms with E-state index in [1.165, 1.54) is 0 Å². The third kappa shape index (κ3) is 3.79. The molecule has 1 atom stereocenters. The molecule has 1 heterocycles. The van der Waals surface area contributed by atoms with E-state index in [-0.39, 0.29) is 24.2 Å². The molecule has 0 saturated carbocycles. The molecule has 1 unspecified atom stereocenters. The monoisotopic (exact) mass is 406 g/mol. The Kier molecular flexibility index (Phi) is 5.21. The molecule has 1 aliphatic rings. The van der Waals surface area contributed by atoms with Gasteiger partial charge in [0.05, 0.1) is 11.6 Å². The first kappa shape index (κ1) is 17.0. The minimum absolute atomic E-state index is 0.0338. The number of para-hydroxylation sites is 1. The second-order valence-electron chi connectivity index (χ2n) is 5.70. The van der Waals surface area contributed by atoms with Crippen LogP contribution < -0.4 is 10.2 Å². The number of hydrogen-bond donors (Lipinski definition) is 1. The van der Waals surface area contributed by atoms with Gasteiger partial charge in [0, 0.05) is 29.0 Å². The molecule has 1 N–H and O–H groups in total. The molecule has 0 spiro atoms. The molecule has 1 aliphatic heterocycles. The van der Waals surface area contributed by atoms with Crippen molar-refractivity contribution in [3.8, 4) is 0 Å². The number of rotatable bonds is 4. The van der Waals surface area contributed by atoms with Gasteiger partial charge in [-0.1, -0.05) is 35.9 Å². The van der Waals surface area contributed by atoms with Crippen molar-refractivity contribution < 1.29 is 9.59 Å². The molecule has 1 fully saturated rings. The van der Waals surface area contributed by atoms with E-state index in [9.17, 15) is 9.59 Å². The first-order valence-corrected chi connectivity index (χ1v) is 8.79. The number of hydrogen-bond acceptors (Lipinski definition) is 2. The summed E-state index contributed by atoms with van der Waals surface area (Å²) in [5.41, 5.74) is 1.77. The molecular formula is C18H16BrClN2O2. The Morgan fingerprint density at radius 1 is 1.21 bits per heavy atom. The van der Waals surface area contributed by atoms with Crippen molar-refractivity contribution >= 4 is 45.0 Å². The minimum Gasteiger partial charge on any atom is -0.352 e. The van der Waals surface area contributed by atoms with Crippen LogP contribution in [0.2, 0.25) is 5.02 Å². The van der Waals surface area contributed by atoms with Crippen LogP contribution in [0.4, 0.5) is 5.69 Å². The lowest BCUT2D eigenvalue weighted by molar-refractivity contribution is -0.126. The van der Waals surface area contributed by atoms with Gasteiger partial charge in [0.1, 0.15) is 0 Å². The number of nitrogens with one attached hydrogen (secondary N) is 1. The van der Waals surface area contributed by atoms with Gasteiger partial charge in [-0.05, 0) is 45.8 Å². The smallest absolute Gasteiger partial charge is 0.227 e. The Labute approximate surface area is 153 Å². The van der Waals surface area contributed by atoms with Gasteiger partial charge in [0.15, 0.2) is 0 Å². The summed E-state index contributed by atoms with van der Waals surface area (Å²) in [5.74, 6) is -0.474. The molecule has 124 valence electrons. The Bertz CT molecular complexity index is 764. The molecule has 0 aliphatic carbocycles. The van der Waals surface area contributed by atoms with E-state index in [1.807, 2.05) is 36.4 Å². The van der Waals surface area contributed by atoms with E-state index in [1.54, 1.807) is 17.0 Å². The molecular weight excluding hydrogens is 392 g/mol. The second kappa shape index (κ2) is 7.36. The van der Waals surface area contributed by atoms with Gasteiger partial charge in [-0.25, -0.2) is 0 Å². The summed E-state index contributed by atoms with van der Waals surface area (Å²) < 4.78 is 0.848. The highest BCUT2D eigenvalue weighted by Crippen LogP contribution is 2.31. The van der Waals surface area contributed by atoms with Crippen LogP contribution in [0.1, 0.15) is 12.0 Å². The van der Waals surface area contributed by atoms with Crippen LogP contribution in [0.3, 0.4) is 0 Å². The quantitative estimate of drug-likeness (QED) is 0.839. The van der Waals surface area contributed by atoms with Crippen molar-refractivity contribution in [2.45, 2.75) is 13.0 Å². The molecule has 0 bridgehead atoms. The lowest BCUT2D eigenvalue weighted by Crippen LogP contribution is -2.32. The van der Waals surface area contributed by atoms with E-state index >= 15 is 0 Å². The zero-order chi connectivity index (χ0) is 17.1. The highest BCUT2D eigenvalue weighted by atomic mass is 79.9. The van der Waals surface area contributed by atoms with Gasteiger partial charge >= 0.3 is 0 Å². The molecule has 2 amide bonds. The normalized spacial score (nSPS) is 17.2. The maximum absolute atomic E-state index is 12.4. The number of carbonyl (C=O) groups excluding carboxylic acids is 2. The summed E-state index contributed by atoms with van der Waals surface area (Å²) in [5, 5.41) is 3.56. The van der Waals surface area contributed by atoms with Gasteiger partial charge in [0.25, 0.3) is 0 Å². The van der Waals surface area contributed by atoms with Crippen LogP contribution in [-0.2, 0) is 16.1 Å². The van der Waals surface area contributed by atoms with Crippen molar-refractivity contribution in [1.82, 2.24) is 5.32 Å². The molecule has 0 aromatic heterocycles. The van der Waals surface area contributed by atoms with E-state index in [2.05, 4.69) is 21.2 Å². The van der Waals surface area contributed by atoms with Crippen LogP contribution >= 0.6 is 27.5 Å². The minimum atomic E-state index is -0.336. The summed E-state index contributed by atoms with van der Waals surface area (Å²) in [7, 11) is 0. The maximum atomic E-state index is 12.4. The zero-order valence-corrected chi connectivity index (χ0v) is 15.2. The van der Waals surface area contributed by atoms with Gasteiger partial charge in [-0.15, -0.1) is 0 Å². The average Bonchev–Trinajstić information content (AvgIpc) is 2.96. The second-order valence-corrected chi connectivity index (χ2v) is 6.99. The number of anilines is 1. The molecule has 3 rings (SSSR count). The van der Waals surface area contributed by atoms with Gasteiger partial charge in [0.2, 0.25) is 11.8 Å². The predicted octanol–water partition coefficient (Wildman–Crippen LogP) is 3.77. The lowest BCUT2D eigenvalue weighted by atomic mass is 10.1. The molecule has 1 saturated heterocycles. The lowest BCUT2D eigenvalue weighted by Gasteiger charge is -2.18. The van der Waals surface area contributed by atoms with E-state index in [4.69, 9.17) is 11.6 Å². The van der Waals surface area contributed by atoms with E-state index in [0.717, 1.165) is 15.7 Å². The largest absolute Gasteiger partial charge is 0.352 e. The van der Waals surface area contributed by atoms with Gasteiger partial charge < -0.3 is 10.2 Å². The standard InChI is InChI=1S/C18H16BrClN2O2/c19-15-3-1-2-4-16(15)22-11-13(9-17(22)23)18(24)21-10-12-5-7-14(20)8-6-12/h1-8,13H,9-11H2,(H,21,24). The topological polar surface area (TPSA) is 49.4 Å². The maximum Gasteiger partial charge on any atom is 0.227 e. The van der Waals surface area contributed by atoms with Crippen molar-refractivity contribution in [2.75, 3.05) is 11.4 Å². The Balaban J connectivity index is 1.62. The highest BCUT2D eigenvalue weighted by molar-refractivity contribution is 9.10. The summed E-state index contributed by atoms with van der Waals surface area (Å²) >= 11 is 9.30. The summed E-state index contributed by atoms with van der Waals surface area (Å²) in [6.45, 7) is 0.823. The fourth-order valence-corrected chi connectivity index (χ4v) is 3.35. The number of amides is 2. The van der Waals surface area contributed by atoms with Gasteiger partial charge in [-0.3, -0.25) is 9.59 Å². The zero-order valence-electron chi connectivity index (χ0n) is 12.8. The van der Waals surface area contributed by atoms with Crippen LogP contribution in [-0.4, -0.2) is 18.4 Å². The van der Waals surface area contributed by atoms with Gasteiger partial charge in [-0.2, -0.15) is 0 Å². The summed E-state index contributed by atoms with van der Waals surface area (Å²) in [4.78, 5) is 26.3. The van der Waals surface area contributed by atoms with Crippen molar-refractivity contribution in [1.29, 1.82) is 0 Å². The number of benzene rings is 2. The van der Waals surface area contributed by atoms with Crippen molar-refractivity contribution in [3.63, 3.8) is 0 Å². The summed E-state index contributed by atoms with van der Waals surface area (Å²) in [6, 6.07) is 14.8. The third-order valence-electron chi connectivity index (χ3n) is 4.02. The van der Waals surface area contributed by atoms with Crippen molar-refractivity contribution in [3.05, 3.63) is 63.6 Å². The van der Waals surface area contributed by atoms with Crippen LogP contribution in [0.25, 0.3) is 0 Å². The fraction of sp³-hybridized carbons (Fsp3) is 0.222. The van der Waals surface area contributed by atoms with Crippen molar-refractivity contribution in [2.24, 2.45) is 5.92 Å². The average molecular weight is 408 g/mol. The number of halogens is 2. The van der Waals surface area contributed by atoms with Crippen LogP contribution in [0.5, 0.6) is 0 Å². The first-order valence-electron chi connectivity index (χ1n) is 7.61. The van der Waals surface area contributed by atoms with Crippen LogP contribution in [0, 0.1) is 5.92 Å². The molecule has 4 nitrogen and oxygen atoms in total. The molecule has 24 heavy (non-hydrogen) atoms. The Morgan fingerprint density at radius 3 is 2.62 bits per heavy atom. The summed E-state index contributed by atoms with van der Waals surface area (Å²) in [6.07, 6.45) is 0.230. The first-order chi connectivity index (χ1) is 11.5. The SMILES string of the molecule is O=C(NCc1ccc(Cl)cc1)C1CC(=O)N(c2ccccc2Br)C1. The van der Waals surface area contributed by atoms with Crippen LogP contribution in [0.15, 0.2) is 53.0 Å². The molecule has 2 aromatic rings. The third-order valence-corrected chi connectivity index (χ3v) is 4.94. The predicted molar refractivity (Wildman–Crippen MR) is 97.9 cm³/mol. The molecule has 0 radical (unpaired) electrons. The van der Waals surface area contributed by atoms with E-state index < -0.39 is 0 Å². The Morgan fingerprint density at radius 2 is 1.92 bits per heavy atom. The molecule has 6 heteroatoms. The molecule has 2 aromatic carbocycles. The van der Waals surface area contributed by atoms with E-state index in [0.29, 0.717) is 18.1 Å². The highest BCUT2D eigenvalue weighted by Gasteiger charge is 2.35. The number of carbonyl (C=O) groups is 2.